The van der Waals surface area contributed by atoms with Gasteiger partial charge in [-0.1, -0.05) is 0 Å². The fraction of sp³-hybridized carbons (Fsp3) is 0.938. The zero-order valence-corrected chi connectivity index (χ0v) is 13.9. The molecule has 122 valence electrons. The van der Waals surface area contributed by atoms with Crippen LogP contribution >= 0.6 is 0 Å². The lowest BCUT2D eigenvalue weighted by molar-refractivity contribution is -0.132. The Kier molecular flexibility index (Phi) is 4.51. The summed E-state index contributed by atoms with van der Waals surface area (Å²) in [6.07, 6.45) is 1.31. The van der Waals surface area contributed by atoms with E-state index in [9.17, 15) is 9.90 Å². The van der Waals surface area contributed by atoms with Crippen LogP contribution in [-0.2, 0) is 14.3 Å². The normalized spacial score (nSPS) is 30.8. The van der Waals surface area contributed by atoms with E-state index < -0.39 is 16.8 Å². The van der Waals surface area contributed by atoms with Gasteiger partial charge in [0.25, 0.3) is 0 Å². The second-order valence-corrected chi connectivity index (χ2v) is 7.67. The Morgan fingerprint density at radius 1 is 1.24 bits per heavy atom. The van der Waals surface area contributed by atoms with E-state index in [1.165, 1.54) is 0 Å². The van der Waals surface area contributed by atoms with Crippen LogP contribution in [0.15, 0.2) is 0 Å². The Bertz CT molecular complexity index is 399. The molecule has 2 aliphatic rings. The van der Waals surface area contributed by atoms with Crippen LogP contribution in [0.5, 0.6) is 0 Å². The second kappa shape index (κ2) is 5.61. The first kappa shape index (κ1) is 16.9. The minimum atomic E-state index is -0.718. The molecule has 1 N–H and O–H groups in total. The molecule has 5 nitrogen and oxygen atoms in total. The number of ketones is 1. The number of Topliss-reactive ketones (excluding diaryl/α,β-unsaturated/α-hetero) is 1. The number of hydrogen-bond donors (Lipinski definition) is 1. The maximum atomic E-state index is 12.5. The number of ether oxygens (including phenoxy) is 2. The van der Waals surface area contributed by atoms with Gasteiger partial charge < -0.3 is 19.5 Å². The molecule has 0 radical (unpaired) electrons. The number of hydrogen-bond acceptors (Lipinski definition) is 5. The molecule has 2 fully saturated rings. The van der Waals surface area contributed by atoms with E-state index in [0.717, 1.165) is 0 Å². The van der Waals surface area contributed by atoms with Gasteiger partial charge in [0.15, 0.2) is 5.78 Å². The summed E-state index contributed by atoms with van der Waals surface area (Å²) in [5, 5.41) is 10.6. The van der Waals surface area contributed by atoms with Gasteiger partial charge in [-0.3, -0.25) is 4.79 Å². The van der Waals surface area contributed by atoms with E-state index in [4.69, 9.17) is 9.47 Å². The SMILES string of the molecule is CN(CC1C(=O)C(C)(C)OC1(C)C)CC1(O)CCOCC1. The molecule has 0 aromatic carbocycles. The molecule has 0 aromatic rings. The molecule has 0 aliphatic carbocycles. The average Bonchev–Trinajstić information content (AvgIpc) is 2.48. The molecule has 2 heterocycles. The van der Waals surface area contributed by atoms with Gasteiger partial charge in [0.1, 0.15) is 5.60 Å². The highest BCUT2D eigenvalue weighted by molar-refractivity contribution is 5.91. The molecule has 0 bridgehead atoms. The fourth-order valence-corrected chi connectivity index (χ4v) is 3.61. The first-order chi connectivity index (χ1) is 9.56. The number of rotatable bonds is 4. The molecule has 0 aromatic heterocycles. The molecule has 2 saturated heterocycles. The highest BCUT2D eigenvalue weighted by atomic mass is 16.5. The molecule has 1 unspecified atom stereocenters. The third-order valence-corrected chi connectivity index (χ3v) is 4.75. The Balaban J connectivity index is 1.99. The topological polar surface area (TPSA) is 59.0 Å². The smallest absolute Gasteiger partial charge is 0.171 e. The van der Waals surface area contributed by atoms with Crippen molar-refractivity contribution in [3.63, 3.8) is 0 Å². The van der Waals surface area contributed by atoms with Crippen molar-refractivity contribution >= 4 is 5.78 Å². The van der Waals surface area contributed by atoms with Gasteiger partial charge in [-0.2, -0.15) is 0 Å². The van der Waals surface area contributed by atoms with Crippen LogP contribution in [0.1, 0.15) is 40.5 Å². The third kappa shape index (κ3) is 3.65. The molecule has 2 aliphatic heterocycles. The van der Waals surface area contributed by atoms with E-state index in [-0.39, 0.29) is 11.7 Å². The molecule has 0 amide bonds. The monoisotopic (exact) mass is 299 g/mol. The third-order valence-electron chi connectivity index (χ3n) is 4.75. The summed E-state index contributed by atoms with van der Waals surface area (Å²) in [7, 11) is 1.96. The maximum absolute atomic E-state index is 12.5. The van der Waals surface area contributed by atoms with Crippen LogP contribution in [0, 0.1) is 5.92 Å². The predicted molar refractivity (Wildman–Crippen MR) is 80.2 cm³/mol. The van der Waals surface area contributed by atoms with Crippen molar-refractivity contribution in [2.45, 2.75) is 57.3 Å². The summed E-state index contributed by atoms with van der Waals surface area (Å²) in [5.74, 6) is -0.0146. The van der Waals surface area contributed by atoms with Gasteiger partial charge in [0.2, 0.25) is 0 Å². The van der Waals surface area contributed by atoms with Crippen LogP contribution in [0.3, 0.4) is 0 Å². The van der Waals surface area contributed by atoms with Crippen molar-refractivity contribution in [3.05, 3.63) is 0 Å². The Hall–Kier alpha value is -0.490. The zero-order chi connectivity index (χ0) is 15.9. The summed E-state index contributed by atoms with van der Waals surface area (Å²) in [6.45, 7) is 10.0. The van der Waals surface area contributed by atoms with Gasteiger partial charge >= 0.3 is 0 Å². The molecule has 5 heteroatoms. The van der Waals surface area contributed by atoms with E-state index >= 15 is 0 Å². The van der Waals surface area contributed by atoms with Gasteiger partial charge in [0, 0.05) is 39.1 Å². The number of carbonyl (C=O) groups is 1. The summed E-state index contributed by atoms with van der Waals surface area (Å²) in [4.78, 5) is 14.6. The highest BCUT2D eigenvalue weighted by Gasteiger charge is 2.53. The van der Waals surface area contributed by atoms with Gasteiger partial charge in [-0.05, 0) is 34.7 Å². The summed E-state index contributed by atoms with van der Waals surface area (Å²) < 4.78 is 11.2. The lowest BCUT2D eigenvalue weighted by Gasteiger charge is -2.37. The second-order valence-electron chi connectivity index (χ2n) is 7.67. The van der Waals surface area contributed by atoms with Crippen molar-refractivity contribution in [2.24, 2.45) is 5.92 Å². The minimum absolute atomic E-state index is 0.151. The maximum Gasteiger partial charge on any atom is 0.171 e. The van der Waals surface area contributed by atoms with Crippen molar-refractivity contribution in [1.29, 1.82) is 0 Å². The van der Waals surface area contributed by atoms with E-state index in [1.807, 2.05) is 34.7 Å². The number of carbonyl (C=O) groups excluding carboxylic acids is 1. The lowest BCUT2D eigenvalue weighted by atomic mass is 9.85. The average molecular weight is 299 g/mol. The quantitative estimate of drug-likeness (QED) is 0.846. The molecule has 2 rings (SSSR count). The largest absolute Gasteiger partial charge is 0.388 e. The summed E-state index contributed by atoms with van der Waals surface area (Å²) in [6, 6.07) is 0. The van der Waals surface area contributed by atoms with Crippen LogP contribution < -0.4 is 0 Å². The van der Waals surface area contributed by atoms with E-state index in [2.05, 4.69) is 4.90 Å². The van der Waals surface area contributed by atoms with Crippen LogP contribution in [0.4, 0.5) is 0 Å². The predicted octanol–water partition coefficient (Wildman–Crippen LogP) is 1.23. The molecular formula is C16H29NO4. The highest BCUT2D eigenvalue weighted by Crippen LogP contribution is 2.39. The minimum Gasteiger partial charge on any atom is -0.388 e. The van der Waals surface area contributed by atoms with Crippen LogP contribution in [-0.4, -0.2) is 65.9 Å². The Morgan fingerprint density at radius 2 is 1.81 bits per heavy atom. The van der Waals surface area contributed by atoms with Gasteiger partial charge in [-0.15, -0.1) is 0 Å². The van der Waals surface area contributed by atoms with Gasteiger partial charge in [0.05, 0.1) is 17.1 Å². The lowest BCUT2D eigenvalue weighted by Crippen LogP contribution is -2.48. The van der Waals surface area contributed by atoms with Gasteiger partial charge in [-0.25, -0.2) is 0 Å². The van der Waals surface area contributed by atoms with E-state index in [1.54, 1.807) is 0 Å². The number of nitrogens with zero attached hydrogens (tertiary/aromatic N) is 1. The molecule has 21 heavy (non-hydrogen) atoms. The molecule has 0 spiro atoms. The first-order valence-electron chi connectivity index (χ1n) is 7.79. The summed E-state index contributed by atoms with van der Waals surface area (Å²) >= 11 is 0. The van der Waals surface area contributed by atoms with Crippen molar-refractivity contribution in [2.75, 3.05) is 33.4 Å². The van der Waals surface area contributed by atoms with Crippen LogP contribution in [0.25, 0.3) is 0 Å². The molecule has 0 saturated carbocycles. The molecule has 1 atom stereocenters. The van der Waals surface area contributed by atoms with Crippen LogP contribution in [0.2, 0.25) is 0 Å². The summed E-state index contributed by atoms with van der Waals surface area (Å²) in [5.41, 5.74) is -1.88. The first-order valence-corrected chi connectivity index (χ1v) is 7.79. The molecular weight excluding hydrogens is 270 g/mol. The number of aliphatic hydroxyl groups is 1. The van der Waals surface area contributed by atoms with Crippen molar-refractivity contribution < 1.29 is 19.4 Å². The standard InChI is InChI=1S/C16H29NO4/c1-14(2)12(13(18)15(3,4)21-14)10-17(5)11-16(19)6-8-20-9-7-16/h12,19H,6-11H2,1-5H3. The van der Waals surface area contributed by atoms with Crippen molar-refractivity contribution in [1.82, 2.24) is 4.90 Å². The Labute approximate surface area is 127 Å². The Morgan fingerprint density at radius 3 is 2.29 bits per heavy atom. The van der Waals surface area contributed by atoms with Crippen molar-refractivity contribution in [3.8, 4) is 0 Å². The van der Waals surface area contributed by atoms with E-state index in [0.29, 0.717) is 39.1 Å². The number of likely N-dealkylation sites (N-methyl/N-ethyl adjacent to an activating group) is 1. The fourth-order valence-electron chi connectivity index (χ4n) is 3.61. The zero-order valence-electron chi connectivity index (χ0n) is 13.9.